The van der Waals surface area contributed by atoms with Gasteiger partial charge >= 0.3 is 5.97 Å². The largest absolute Gasteiger partial charge is 0.490 e. The summed E-state index contributed by atoms with van der Waals surface area (Å²) in [5.41, 5.74) is 3.24. The molecule has 1 fully saturated rings. The second kappa shape index (κ2) is 10.1. The first-order chi connectivity index (χ1) is 14.3. The topological polar surface area (TPSA) is 71.5 Å². The van der Waals surface area contributed by atoms with Crippen LogP contribution in [0.3, 0.4) is 0 Å². The maximum atomic E-state index is 10.6. The lowest BCUT2D eigenvalue weighted by molar-refractivity contribution is -0.136. The number of hydrogen-bond donors (Lipinski definition) is 2. The maximum absolute atomic E-state index is 10.6. The average Bonchev–Trinajstić information content (AvgIpc) is 2.72. The Bertz CT molecular complexity index is 819. The first kappa shape index (κ1) is 22.3. The zero-order valence-corrected chi connectivity index (χ0v) is 18.4. The lowest BCUT2D eigenvalue weighted by Crippen LogP contribution is -2.30. The summed E-state index contributed by atoms with van der Waals surface area (Å²) in [5, 5.41) is 11.8. The number of ether oxygens (including phenoxy) is 1. The molecule has 0 atom stereocenters. The molecule has 5 heteroatoms. The minimum atomic E-state index is -0.797. The van der Waals surface area contributed by atoms with Crippen molar-refractivity contribution >= 4 is 5.97 Å². The molecule has 0 spiro atoms. The minimum Gasteiger partial charge on any atom is -0.490 e. The van der Waals surface area contributed by atoms with Crippen LogP contribution in [0, 0.1) is 11.3 Å². The van der Waals surface area contributed by atoms with Crippen molar-refractivity contribution in [2.24, 2.45) is 11.3 Å². The highest BCUT2D eigenvalue weighted by Crippen LogP contribution is 2.38. The predicted octanol–water partition coefficient (Wildman–Crippen LogP) is 5.30. The van der Waals surface area contributed by atoms with Crippen LogP contribution in [-0.4, -0.2) is 28.7 Å². The number of carboxylic acids is 1. The van der Waals surface area contributed by atoms with Crippen molar-refractivity contribution in [3.8, 4) is 17.0 Å². The van der Waals surface area contributed by atoms with Crippen molar-refractivity contribution < 1.29 is 14.6 Å². The second-order valence-corrected chi connectivity index (χ2v) is 9.32. The highest BCUT2D eigenvalue weighted by Gasteiger charge is 2.30. The minimum absolute atomic E-state index is 0.110. The van der Waals surface area contributed by atoms with Crippen molar-refractivity contribution in [1.29, 1.82) is 0 Å². The Hall–Kier alpha value is -2.40. The van der Waals surface area contributed by atoms with Gasteiger partial charge in [-0.05, 0) is 73.4 Å². The molecule has 1 heterocycles. The van der Waals surface area contributed by atoms with E-state index in [0.29, 0.717) is 24.6 Å². The normalized spacial score (nSPS) is 19.4. The quantitative estimate of drug-likeness (QED) is 0.578. The molecule has 1 aliphatic carbocycles. The number of nitrogens with zero attached hydrogens (tertiary/aromatic N) is 1. The highest BCUT2D eigenvalue weighted by atomic mass is 16.5. The number of rotatable bonds is 8. The van der Waals surface area contributed by atoms with Crippen LogP contribution in [0.2, 0.25) is 0 Å². The fourth-order valence-electron chi connectivity index (χ4n) is 4.09. The molecule has 1 aromatic carbocycles. The van der Waals surface area contributed by atoms with Crippen LogP contribution < -0.4 is 10.1 Å². The van der Waals surface area contributed by atoms with Crippen LogP contribution in [0.5, 0.6) is 5.75 Å². The number of hydrogen-bond acceptors (Lipinski definition) is 4. The van der Waals surface area contributed by atoms with Crippen LogP contribution in [0.25, 0.3) is 11.3 Å². The van der Waals surface area contributed by atoms with Crippen LogP contribution in [0.1, 0.15) is 58.6 Å². The zero-order valence-electron chi connectivity index (χ0n) is 18.4. The number of benzene rings is 1. The SMILES string of the molecule is CC(C)(C)C1CCC(Oc2ccc(-c3cccc(CNCCC(=O)O)n3)cc2)CC1. The highest BCUT2D eigenvalue weighted by molar-refractivity contribution is 5.66. The molecule has 0 aliphatic heterocycles. The van der Waals surface area contributed by atoms with Gasteiger partial charge in [-0.15, -0.1) is 0 Å². The van der Waals surface area contributed by atoms with Gasteiger partial charge in [-0.1, -0.05) is 26.8 Å². The molecular formula is C25H34N2O3. The van der Waals surface area contributed by atoms with E-state index in [-0.39, 0.29) is 6.42 Å². The van der Waals surface area contributed by atoms with E-state index in [0.717, 1.165) is 41.5 Å². The first-order valence-electron chi connectivity index (χ1n) is 11.0. The molecule has 162 valence electrons. The van der Waals surface area contributed by atoms with E-state index in [9.17, 15) is 4.79 Å². The van der Waals surface area contributed by atoms with Gasteiger partial charge in [-0.2, -0.15) is 0 Å². The van der Waals surface area contributed by atoms with Gasteiger partial charge in [0, 0.05) is 18.7 Å². The molecule has 1 saturated carbocycles. The Morgan fingerprint density at radius 1 is 1.10 bits per heavy atom. The van der Waals surface area contributed by atoms with Gasteiger partial charge in [0.25, 0.3) is 0 Å². The summed E-state index contributed by atoms with van der Waals surface area (Å²) in [6, 6.07) is 14.1. The van der Waals surface area contributed by atoms with E-state index in [4.69, 9.17) is 9.84 Å². The molecule has 0 saturated heterocycles. The summed E-state index contributed by atoms with van der Waals surface area (Å²) in [5.74, 6) is 0.912. The third-order valence-electron chi connectivity index (χ3n) is 5.98. The Kier molecular flexibility index (Phi) is 7.48. The van der Waals surface area contributed by atoms with E-state index in [2.05, 4.69) is 43.2 Å². The molecule has 0 bridgehead atoms. The summed E-state index contributed by atoms with van der Waals surface area (Å²) in [7, 11) is 0. The summed E-state index contributed by atoms with van der Waals surface area (Å²) >= 11 is 0. The van der Waals surface area contributed by atoms with Gasteiger partial charge in [-0.25, -0.2) is 0 Å². The number of carbonyl (C=O) groups is 1. The van der Waals surface area contributed by atoms with Gasteiger partial charge in [0.1, 0.15) is 5.75 Å². The Labute approximate surface area is 179 Å². The van der Waals surface area contributed by atoms with Gasteiger partial charge in [0.05, 0.1) is 23.9 Å². The fourth-order valence-corrected chi connectivity index (χ4v) is 4.09. The smallest absolute Gasteiger partial charge is 0.304 e. The molecule has 0 amide bonds. The number of carboxylic acid groups (broad SMARTS) is 1. The number of aromatic nitrogens is 1. The summed E-state index contributed by atoms with van der Waals surface area (Å²) < 4.78 is 6.24. The molecule has 0 radical (unpaired) electrons. The summed E-state index contributed by atoms with van der Waals surface area (Å²) in [6.45, 7) is 8.01. The molecule has 5 nitrogen and oxygen atoms in total. The first-order valence-corrected chi connectivity index (χ1v) is 11.0. The Balaban J connectivity index is 1.53. The maximum Gasteiger partial charge on any atom is 0.304 e. The van der Waals surface area contributed by atoms with Crippen molar-refractivity contribution in [3.05, 3.63) is 48.2 Å². The average molecular weight is 411 g/mol. The third kappa shape index (κ3) is 6.56. The van der Waals surface area contributed by atoms with Gasteiger partial charge in [0.15, 0.2) is 0 Å². The van der Waals surface area contributed by atoms with Gasteiger partial charge in [0.2, 0.25) is 0 Å². The monoisotopic (exact) mass is 410 g/mol. The van der Waals surface area contributed by atoms with E-state index < -0.39 is 5.97 Å². The predicted molar refractivity (Wildman–Crippen MR) is 119 cm³/mol. The summed E-state index contributed by atoms with van der Waals surface area (Å²) in [4.78, 5) is 15.3. The van der Waals surface area contributed by atoms with Gasteiger partial charge < -0.3 is 15.2 Å². The molecule has 1 aliphatic rings. The molecule has 2 N–H and O–H groups in total. The Morgan fingerprint density at radius 3 is 2.43 bits per heavy atom. The molecule has 1 aromatic heterocycles. The van der Waals surface area contributed by atoms with E-state index in [1.165, 1.54) is 12.8 Å². The van der Waals surface area contributed by atoms with Crippen LogP contribution in [0.15, 0.2) is 42.5 Å². The lowest BCUT2D eigenvalue weighted by Gasteiger charge is -2.36. The number of aliphatic carboxylic acids is 1. The second-order valence-electron chi connectivity index (χ2n) is 9.32. The van der Waals surface area contributed by atoms with Crippen LogP contribution in [0.4, 0.5) is 0 Å². The fraction of sp³-hybridized carbons (Fsp3) is 0.520. The Morgan fingerprint density at radius 2 is 1.80 bits per heavy atom. The number of pyridine rings is 1. The molecule has 2 aromatic rings. The van der Waals surface area contributed by atoms with Crippen molar-refractivity contribution in [3.63, 3.8) is 0 Å². The van der Waals surface area contributed by atoms with Crippen molar-refractivity contribution in [2.75, 3.05) is 6.54 Å². The molecule has 3 rings (SSSR count). The van der Waals surface area contributed by atoms with E-state index in [1.54, 1.807) is 0 Å². The standard InChI is InChI=1S/C25H34N2O3/c1-25(2,3)19-9-13-22(14-10-19)30-21-11-7-18(8-12-21)23-6-4-5-20(27-23)17-26-16-15-24(28)29/h4-8,11-12,19,22,26H,9-10,13-17H2,1-3H3,(H,28,29). The van der Waals surface area contributed by atoms with Crippen molar-refractivity contribution in [2.45, 2.75) is 65.5 Å². The van der Waals surface area contributed by atoms with Crippen LogP contribution in [-0.2, 0) is 11.3 Å². The van der Waals surface area contributed by atoms with Crippen molar-refractivity contribution in [1.82, 2.24) is 10.3 Å². The summed E-state index contributed by atoms with van der Waals surface area (Å²) in [6.07, 6.45) is 5.16. The number of nitrogens with one attached hydrogen (secondary N) is 1. The third-order valence-corrected chi connectivity index (χ3v) is 5.98. The molecular weight excluding hydrogens is 376 g/mol. The van der Waals surface area contributed by atoms with Gasteiger partial charge in [-0.3, -0.25) is 9.78 Å². The van der Waals surface area contributed by atoms with E-state index >= 15 is 0 Å². The lowest BCUT2D eigenvalue weighted by atomic mass is 9.72. The molecule has 30 heavy (non-hydrogen) atoms. The zero-order chi connectivity index (χ0) is 21.6. The van der Waals surface area contributed by atoms with E-state index in [1.807, 2.05) is 30.3 Å². The molecule has 0 unspecified atom stereocenters. The van der Waals surface area contributed by atoms with Crippen LogP contribution >= 0.6 is 0 Å².